The molecule has 1 fully saturated rings. The number of fused-ring (bicyclic) bond motifs is 1. The third-order valence-corrected chi connectivity index (χ3v) is 7.87. The molecule has 2 N–H and O–H groups in total. The number of rotatable bonds is 7. The van der Waals surface area contributed by atoms with Crippen molar-refractivity contribution in [1.82, 2.24) is 13.5 Å². The van der Waals surface area contributed by atoms with Gasteiger partial charge in [0.15, 0.2) is 5.78 Å². The van der Waals surface area contributed by atoms with Gasteiger partial charge in [0.2, 0.25) is 15.9 Å². The van der Waals surface area contributed by atoms with Gasteiger partial charge >= 0.3 is 0 Å². The first-order chi connectivity index (χ1) is 15.3. The molecule has 0 unspecified atom stereocenters. The molecule has 0 atom stereocenters. The van der Waals surface area contributed by atoms with E-state index in [0.717, 1.165) is 24.6 Å². The zero-order chi connectivity index (χ0) is 22.7. The molecule has 1 saturated carbocycles. The lowest BCUT2D eigenvalue weighted by molar-refractivity contribution is -0.121. The van der Waals surface area contributed by atoms with E-state index in [4.69, 9.17) is 0 Å². The normalized spacial score (nSPS) is 19.0. The molecule has 1 aromatic heterocycles. The summed E-state index contributed by atoms with van der Waals surface area (Å²) in [5, 5.41) is 2.91. The van der Waals surface area contributed by atoms with Crippen molar-refractivity contribution in [2.75, 3.05) is 11.9 Å². The minimum Gasteiger partial charge on any atom is -0.326 e. The van der Waals surface area contributed by atoms with Crippen LogP contribution in [-0.4, -0.2) is 35.4 Å². The van der Waals surface area contributed by atoms with Crippen LogP contribution in [0.1, 0.15) is 43.0 Å². The van der Waals surface area contributed by atoms with Crippen molar-refractivity contribution in [1.29, 1.82) is 0 Å². The quantitative estimate of drug-likeness (QED) is 0.507. The summed E-state index contributed by atoms with van der Waals surface area (Å²) in [7, 11) is -3.69. The van der Waals surface area contributed by atoms with Gasteiger partial charge in [0.05, 0.1) is 11.7 Å². The Morgan fingerprint density at radius 3 is 2.44 bits per heavy atom. The van der Waals surface area contributed by atoms with Gasteiger partial charge < -0.3 is 5.32 Å². The van der Waals surface area contributed by atoms with Crippen molar-refractivity contribution >= 4 is 50.2 Å². The average molecular weight is 473 g/mol. The number of nitrogens with one attached hydrogen (secondary N) is 2. The van der Waals surface area contributed by atoms with Crippen molar-refractivity contribution in [2.45, 2.75) is 37.5 Å². The molecule has 0 saturated heterocycles. The lowest BCUT2D eigenvalue weighted by atomic mass is 9.81. The van der Waals surface area contributed by atoms with Gasteiger partial charge in [0, 0.05) is 23.7 Å². The molecule has 10 heteroatoms. The Morgan fingerprint density at radius 2 is 1.75 bits per heavy atom. The highest BCUT2D eigenvalue weighted by Gasteiger charge is 2.28. The van der Waals surface area contributed by atoms with Crippen LogP contribution in [-0.2, 0) is 14.8 Å². The zero-order valence-electron chi connectivity index (χ0n) is 17.6. The summed E-state index contributed by atoms with van der Waals surface area (Å²) < 4.78 is 36.4. The molecule has 0 aliphatic heterocycles. The summed E-state index contributed by atoms with van der Waals surface area (Å²) >= 11 is 0.989. The van der Waals surface area contributed by atoms with E-state index in [1.54, 1.807) is 36.4 Å². The number of anilines is 1. The van der Waals surface area contributed by atoms with Gasteiger partial charge in [-0.3, -0.25) is 9.59 Å². The Bertz CT molecular complexity index is 1230. The minimum absolute atomic E-state index is 0.0169. The number of hydrogen-bond donors (Lipinski definition) is 2. The van der Waals surface area contributed by atoms with E-state index in [0.29, 0.717) is 41.7 Å². The van der Waals surface area contributed by atoms with Gasteiger partial charge in [-0.2, -0.15) is 8.75 Å². The maximum atomic E-state index is 12.8. The number of benzene rings is 2. The number of hydrogen-bond acceptors (Lipinski definition) is 7. The van der Waals surface area contributed by atoms with Crippen molar-refractivity contribution in [3.63, 3.8) is 0 Å². The summed E-state index contributed by atoms with van der Waals surface area (Å²) in [6, 6.07) is 11.8. The summed E-state index contributed by atoms with van der Waals surface area (Å²) in [6.45, 7) is 1.83. The van der Waals surface area contributed by atoms with Crippen molar-refractivity contribution in [2.24, 2.45) is 11.8 Å². The summed E-state index contributed by atoms with van der Waals surface area (Å²) in [5.41, 5.74) is 2.23. The van der Waals surface area contributed by atoms with Gasteiger partial charge in [-0.1, -0.05) is 6.07 Å². The molecule has 1 aliphatic carbocycles. The van der Waals surface area contributed by atoms with Crippen molar-refractivity contribution in [3.8, 4) is 0 Å². The second-order valence-electron chi connectivity index (χ2n) is 8.08. The highest BCUT2D eigenvalue weighted by molar-refractivity contribution is 7.89. The Hall–Kier alpha value is -2.69. The molecule has 0 radical (unpaired) electrons. The Labute approximate surface area is 190 Å². The molecule has 3 aromatic rings. The lowest BCUT2D eigenvalue weighted by Gasteiger charge is -2.28. The maximum absolute atomic E-state index is 12.8. The van der Waals surface area contributed by atoms with E-state index in [-0.39, 0.29) is 28.4 Å². The molecule has 168 valence electrons. The molecule has 32 heavy (non-hydrogen) atoms. The van der Waals surface area contributed by atoms with E-state index < -0.39 is 10.0 Å². The average Bonchev–Trinajstić information content (AvgIpc) is 3.27. The molecular formula is C22H24N4O4S2. The minimum atomic E-state index is -3.69. The van der Waals surface area contributed by atoms with Crippen LogP contribution in [0.25, 0.3) is 11.0 Å². The van der Waals surface area contributed by atoms with Crippen LogP contribution in [0.5, 0.6) is 0 Å². The van der Waals surface area contributed by atoms with Gasteiger partial charge in [0.1, 0.15) is 15.9 Å². The van der Waals surface area contributed by atoms with Gasteiger partial charge in [0.25, 0.3) is 0 Å². The monoisotopic (exact) mass is 472 g/mol. The van der Waals surface area contributed by atoms with Crippen molar-refractivity contribution < 1.29 is 18.0 Å². The van der Waals surface area contributed by atoms with Crippen LogP contribution in [0.15, 0.2) is 47.4 Å². The van der Waals surface area contributed by atoms with E-state index in [1.165, 1.54) is 13.0 Å². The molecule has 0 spiro atoms. The van der Waals surface area contributed by atoms with Crippen LogP contribution >= 0.6 is 11.7 Å². The number of amides is 1. The Kier molecular flexibility index (Phi) is 6.63. The SMILES string of the molecule is CC(=O)c1ccc(NC(=O)C2CCC(CNS(=O)(=O)c3cccc4nsnc34)CC2)cc1. The van der Waals surface area contributed by atoms with E-state index in [1.807, 2.05) is 0 Å². The Morgan fingerprint density at radius 1 is 1.03 bits per heavy atom. The standard InChI is InChI=1S/C22H24N4O4S2/c1-14(27)16-9-11-18(12-10-16)24-22(28)17-7-5-15(6-8-17)13-23-32(29,30)20-4-2-3-19-21(20)26-31-25-19/h2-4,9-12,15,17,23H,5-8,13H2,1H3,(H,24,28). The predicted molar refractivity (Wildman–Crippen MR) is 123 cm³/mol. The fraction of sp³-hybridized carbons (Fsp3) is 0.364. The second kappa shape index (κ2) is 9.43. The number of sulfonamides is 1. The number of carbonyl (C=O) groups is 2. The van der Waals surface area contributed by atoms with Crippen LogP contribution < -0.4 is 10.0 Å². The number of aromatic nitrogens is 2. The number of Topliss-reactive ketones (excluding diaryl/α,β-unsaturated/α-hetero) is 1. The highest BCUT2D eigenvalue weighted by Crippen LogP contribution is 2.30. The van der Waals surface area contributed by atoms with Crippen LogP contribution in [0.2, 0.25) is 0 Å². The smallest absolute Gasteiger partial charge is 0.242 e. The maximum Gasteiger partial charge on any atom is 0.242 e. The first kappa shape index (κ1) is 22.5. The van der Waals surface area contributed by atoms with Gasteiger partial charge in [-0.25, -0.2) is 13.1 Å². The van der Waals surface area contributed by atoms with E-state index in [9.17, 15) is 18.0 Å². The topological polar surface area (TPSA) is 118 Å². The molecule has 8 nitrogen and oxygen atoms in total. The molecule has 1 heterocycles. The highest BCUT2D eigenvalue weighted by atomic mass is 32.2. The number of carbonyl (C=O) groups excluding carboxylic acids is 2. The third kappa shape index (κ3) is 5.03. The second-order valence-corrected chi connectivity index (χ2v) is 10.3. The molecule has 2 aromatic carbocycles. The fourth-order valence-electron chi connectivity index (χ4n) is 3.96. The zero-order valence-corrected chi connectivity index (χ0v) is 19.2. The summed E-state index contributed by atoms with van der Waals surface area (Å²) in [6.07, 6.45) is 2.95. The largest absolute Gasteiger partial charge is 0.326 e. The first-order valence-corrected chi connectivity index (χ1v) is 12.7. The summed E-state index contributed by atoms with van der Waals surface area (Å²) in [5.74, 6) is 0.0145. The van der Waals surface area contributed by atoms with Crippen molar-refractivity contribution in [3.05, 3.63) is 48.0 Å². The van der Waals surface area contributed by atoms with Gasteiger partial charge in [-0.05, 0) is 74.9 Å². The van der Waals surface area contributed by atoms with Crippen LogP contribution in [0.3, 0.4) is 0 Å². The molecule has 4 rings (SSSR count). The van der Waals surface area contributed by atoms with E-state index >= 15 is 0 Å². The lowest BCUT2D eigenvalue weighted by Crippen LogP contribution is -2.33. The first-order valence-electron chi connectivity index (χ1n) is 10.5. The number of nitrogens with zero attached hydrogens (tertiary/aromatic N) is 2. The molecule has 0 bridgehead atoms. The van der Waals surface area contributed by atoms with E-state index in [2.05, 4.69) is 18.8 Å². The third-order valence-electron chi connectivity index (χ3n) is 5.88. The molecule has 1 aliphatic rings. The van der Waals surface area contributed by atoms with Gasteiger partial charge in [-0.15, -0.1) is 0 Å². The Balaban J connectivity index is 1.28. The molecular weight excluding hydrogens is 448 g/mol. The summed E-state index contributed by atoms with van der Waals surface area (Å²) in [4.78, 5) is 24.1. The number of ketones is 1. The fourth-order valence-corrected chi connectivity index (χ4v) is 5.85. The predicted octanol–water partition coefficient (Wildman–Crippen LogP) is 3.62. The molecule has 1 amide bonds. The van der Waals surface area contributed by atoms with Crippen LogP contribution in [0, 0.1) is 11.8 Å². The van der Waals surface area contributed by atoms with Crippen LogP contribution in [0.4, 0.5) is 5.69 Å².